The van der Waals surface area contributed by atoms with Crippen LogP contribution in [0.1, 0.15) is 49.8 Å². The van der Waals surface area contributed by atoms with Gasteiger partial charge in [0.15, 0.2) is 0 Å². The van der Waals surface area contributed by atoms with Gasteiger partial charge in [-0.2, -0.15) is 0 Å². The number of aliphatic hydroxyl groups is 1. The van der Waals surface area contributed by atoms with Gasteiger partial charge in [-0.25, -0.2) is 4.98 Å². The van der Waals surface area contributed by atoms with Crippen LogP contribution >= 0.6 is 22.7 Å². The fourth-order valence-corrected chi connectivity index (χ4v) is 7.68. The van der Waals surface area contributed by atoms with Crippen LogP contribution in [0.4, 0.5) is 0 Å². The zero-order valence-electron chi connectivity index (χ0n) is 24.2. The van der Waals surface area contributed by atoms with Crippen LogP contribution in [0.25, 0.3) is 10.9 Å². The number of aliphatic hydroxyl groups excluding tert-OH is 1. The third-order valence-corrected chi connectivity index (χ3v) is 10.3. The van der Waals surface area contributed by atoms with Crippen LogP contribution in [0.15, 0.2) is 46.6 Å². The number of aromatic amines is 1. The molecule has 4 aromatic rings. The highest BCUT2D eigenvalue weighted by Crippen LogP contribution is 2.32. The number of thiophene rings is 1. The topological polar surface area (TPSA) is 131 Å². The molecule has 43 heavy (non-hydrogen) atoms. The number of piperidine rings is 1. The summed E-state index contributed by atoms with van der Waals surface area (Å²) < 4.78 is 6.28. The van der Waals surface area contributed by atoms with E-state index in [0.29, 0.717) is 48.4 Å². The summed E-state index contributed by atoms with van der Waals surface area (Å²) in [5.74, 6) is -0.00627. The zero-order chi connectivity index (χ0) is 30.0. The normalized spacial score (nSPS) is 18.0. The van der Waals surface area contributed by atoms with Crippen molar-refractivity contribution in [3.8, 4) is 5.75 Å². The maximum Gasteiger partial charge on any atom is 0.273 e. The van der Waals surface area contributed by atoms with Gasteiger partial charge < -0.3 is 30.2 Å². The molecular formula is C31H37N5O5S2. The lowest BCUT2D eigenvalue weighted by atomic mass is 9.89. The van der Waals surface area contributed by atoms with E-state index in [1.807, 2.05) is 28.5 Å². The number of aromatic nitrogens is 2. The molecule has 2 fully saturated rings. The average Bonchev–Trinajstić information content (AvgIpc) is 3.65. The van der Waals surface area contributed by atoms with Crippen molar-refractivity contribution in [3.05, 3.63) is 78.2 Å². The number of morpholine rings is 1. The first-order valence-electron chi connectivity index (χ1n) is 14.7. The highest BCUT2D eigenvalue weighted by atomic mass is 32.1. The number of fused-ring (bicyclic) bond motifs is 1. The Kier molecular flexibility index (Phi) is 8.94. The number of carbonyl (C=O) groups is 1. The van der Waals surface area contributed by atoms with Gasteiger partial charge >= 0.3 is 0 Å². The van der Waals surface area contributed by atoms with Gasteiger partial charge in [-0.1, -0.05) is 6.07 Å². The number of carbonyl (C=O) groups excluding carboxylic acids is 1. The number of aromatic hydroxyl groups is 1. The number of phenols is 1. The minimum absolute atomic E-state index is 0.0102. The number of hydrogen-bond donors (Lipinski definition) is 4. The number of hydrogen-bond acceptors (Lipinski definition) is 10. The summed E-state index contributed by atoms with van der Waals surface area (Å²) in [5, 5.41) is 27.6. The molecule has 2 aliphatic rings. The zero-order valence-corrected chi connectivity index (χ0v) is 25.8. The van der Waals surface area contributed by atoms with Crippen LogP contribution < -0.4 is 10.9 Å². The Morgan fingerprint density at radius 3 is 2.77 bits per heavy atom. The number of benzene rings is 1. The van der Waals surface area contributed by atoms with Gasteiger partial charge in [0.2, 0.25) is 5.56 Å². The highest BCUT2D eigenvalue weighted by Gasteiger charge is 2.41. The largest absolute Gasteiger partial charge is 0.506 e. The summed E-state index contributed by atoms with van der Waals surface area (Å²) in [6.45, 7) is 7.60. The lowest BCUT2D eigenvalue weighted by molar-refractivity contribution is -0.127. The number of aryl methyl sites for hydroxylation is 1. The van der Waals surface area contributed by atoms with E-state index >= 15 is 0 Å². The van der Waals surface area contributed by atoms with E-state index in [1.165, 1.54) is 33.2 Å². The van der Waals surface area contributed by atoms with E-state index in [1.54, 1.807) is 12.1 Å². The maximum absolute atomic E-state index is 13.0. The highest BCUT2D eigenvalue weighted by molar-refractivity contribution is 7.12. The molecule has 1 aromatic carbocycles. The number of likely N-dealkylation sites (tertiary alicyclic amines) is 1. The van der Waals surface area contributed by atoms with Crippen LogP contribution in [-0.4, -0.2) is 87.4 Å². The van der Waals surface area contributed by atoms with Crippen molar-refractivity contribution in [2.75, 3.05) is 45.9 Å². The van der Waals surface area contributed by atoms with E-state index in [-0.39, 0.29) is 22.8 Å². The number of thiazole rings is 1. The predicted octanol–water partition coefficient (Wildman–Crippen LogP) is 3.43. The van der Waals surface area contributed by atoms with Crippen molar-refractivity contribution in [2.24, 2.45) is 0 Å². The Morgan fingerprint density at radius 2 is 1.98 bits per heavy atom. The molecular weight excluding hydrogens is 587 g/mol. The third-order valence-electron chi connectivity index (χ3n) is 8.39. The Hall–Kier alpha value is -3.13. The molecule has 0 bridgehead atoms. The molecule has 0 aliphatic carbocycles. The number of amides is 1. The van der Waals surface area contributed by atoms with Crippen LogP contribution in [0.5, 0.6) is 5.75 Å². The van der Waals surface area contributed by atoms with Crippen molar-refractivity contribution < 1.29 is 19.7 Å². The van der Waals surface area contributed by atoms with Gasteiger partial charge in [0.1, 0.15) is 11.4 Å². The van der Waals surface area contributed by atoms with Gasteiger partial charge in [0.05, 0.1) is 35.4 Å². The third kappa shape index (κ3) is 6.84. The molecule has 0 radical (unpaired) electrons. The first kappa shape index (κ1) is 29.9. The van der Waals surface area contributed by atoms with E-state index in [0.717, 1.165) is 50.4 Å². The fraction of sp³-hybridized carbons (Fsp3) is 0.452. The van der Waals surface area contributed by atoms with Crippen molar-refractivity contribution in [1.82, 2.24) is 25.1 Å². The Morgan fingerprint density at radius 1 is 1.16 bits per heavy atom. The summed E-state index contributed by atoms with van der Waals surface area (Å²) >= 11 is 3.33. The standard InChI is InChI=1S/C31H37N5O5S2/c1-20-33-25(18-42-20)30(40)36-14-15-41-31(19-36)9-12-35(13-10-31)17-22-3-2-21(43-22)8-11-32-16-27(38)23-4-6-26(37)29-24(23)5-7-28(39)34-29/h2-7,18,27,32,37-38H,8-17,19H2,1H3,(H,34,39)/t27-/m0/s1. The second kappa shape index (κ2) is 12.8. The second-order valence-corrected chi connectivity index (χ2v) is 13.7. The molecule has 5 heterocycles. The summed E-state index contributed by atoms with van der Waals surface area (Å²) in [7, 11) is 0. The Balaban J connectivity index is 0.950. The quantitative estimate of drug-likeness (QED) is 0.209. The Bertz CT molecular complexity index is 1640. The molecule has 3 aromatic heterocycles. The number of ether oxygens (including phenoxy) is 1. The van der Waals surface area contributed by atoms with Crippen LogP contribution in [0.2, 0.25) is 0 Å². The average molecular weight is 624 g/mol. The van der Waals surface area contributed by atoms with Crippen LogP contribution in [-0.2, 0) is 17.7 Å². The molecule has 0 unspecified atom stereocenters. The van der Waals surface area contributed by atoms with Gasteiger partial charge in [0.25, 0.3) is 5.91 Å². The lowest BCUT2D eigenvalue weighted by Gasteiger charge is -2.47. The molecule has 1 atom stereocenters. The molecule has 6 rings (SSSR count). The van der Waals surface area contributed by atoms with Gasteiger partial charge in [0, 0.05) is 65.9 Å². The van der Waals surface area contributed by atoms with E-state index in [9.17, 15) is 19.8 Å². The number of nitrogens with zero attached hydrogens (tertiary/aromatic N) is 3. The monoisotopic (exact) mass is 623 g/mol. The summed E-state index contributed by atoms with van der Waals surface area (Å²) in [6, 6.07) is 10.6. The van der Waals surface area contributed by atoms with Crippen molar-refractivity contribution in [3.63, 3.8) is 0 Å². The number of pyridine rings is 1. The molecule has 2 saturated heterocycles. The second-order valence-electron chi connectivity index (χ2n) is 11.4. The fourth-order valence-electron chi connectivity index (χ4n) is 6.03. The number of nitrogens with one attached hydrogen (secondary N) is 2. The molecule has 228 valence electrons. The number of rotatable bonds is 9. The van der Waals surface area contributed by atoms with E-state index in [4.69, 9.17) is 4.74 Å². The molecule has 0 saturated carbocycles. The SMILES string of the molecule is Cc1nc(C(=O)N2CCOC3(CCN(Cc4ccc(CCNC[C@H](O)c5ccc(O)c6[nH]c(=O)ccc56)s4)CC3)C2)cs1. The molecule has 10 nitrogen and oxygen atoms in total. The summed E-state index contributed by atoms with van der Waals surface area (Å²) in [4.78, 5) is 38.7. The summed E-state index contributed by atoms with van der Waals surface area (Å²) in [5.41, 5.74) is 0.972. The number of phenolic OH excluding ortho intramolecular Hbond substituents is 1. The van der Waals surface area contributed by atoms with E-state index < -0.39 is 6.10 Å². The molecule has 2 aliphatic heterocycles. The molecule has 4 N–H and O–H groups in total. The van der Waals surface area contributed by atoms with Gasteiger partial charge in [-0.05, 0) is 56.0 Å². The molecule has 1 amide bonds. The van der Waals surface area contributed by atoms with Crippen LogP contribution in [0.3, 0.4) is 0 Å². The molecule has 1 spiro atoms. The first-order chi connectivity index (χ1) is 20.8. The minimum Gasteiger partial charge on any atom is -0.506 e. The van der Waals surface area contributed by atoms with Crippen LogP contribution in [0, 0.1) is 6.92 Å². The minimum atomic E-state index is -0.773. The lowest BCUT2D eigenvalue weighted by Crippen LogP contribution is -2.57. The Labute approximate surface area is 258 Å². The number of H-pyrrole nitrogens is 1. The van der Waals surface area contributed by atoms with Gasteiger partial charge in [-0.15, -0.1) is 22.7 Å². The van der Waals surface area contributed by atoms with Gasteiger partial charge in [-0.3, -0.25) is 14.5 Å². The smallest absolute Gasteiger partial charge is 0.273 e. The van der Waals surface area contributed by atoms with Crippen molar-refractivity contribution >= 4 is 39.5 Å². The maximum atomic E-state index is 13.0. The predicted molar refractivity (Wildman–Crippen MR) is 168 cm³/mol. The summed E-state index contributed by atoms with van der Waals surface area (Å²) in [6.07, 6.45) is 1.90. The first-order valence-corrected chi connectivity index (χ1v) is 16.4. The van der Waals surface area contributed by atoms with Crippen molar-refractivity contribution in [1.29, 1.82) is 0 Å². The molecule has 12 heteroatoms. The van der Waals surface area contributed by atoms with E-state index in [2.05, 4.69) is 32.3 Å². The van der Waals surface area contributed by atoms with Crippen molar-refractivity contribution in [2.45, 2.75) is 44.4 Å².